The van der Waals surface area contributed by atoms with Crippen LogP contribution in [0.2, 0.25) is 0 Å². The van der Waals surface area contributed by atoms with Crippen molar-refractivity contribution in [2.45, 2.75) is 32.5 Å². The molecule has 24 heavy (non-hydrogen) atoms. The number of hydrogen-bond acceptors (Lipinski definition) is 5. The molecule has 0 spiro atoms. The van der Waals surface area contributed by atoms with Gasteiger partial charge in [0.2, 0.25) is 15.8 Å². The second-order valence-corrected chi connectivity index (χ2v) is 7.07. The molecule has 1 N–H and O–H groups in total. The van der Waals surface area contributed by atoms with E-state index in [0.717, 1.165) is 0 Å². The number of benzene rings is 1. The van der Waals surface area contributed by atoms with Gasteiger partial charge < -0.3 is 4.52 Å². The molecule has 0 amide bonds. The van der Waals surface area contributed by atoms with Crippen LogP contribution in [0.4, 0.5) is 13.2 Å². The monoisotopic (exact) mass is 363 g/mol. The fourth-order valence-corrected chi connectivity index (χ4v) is 3.37. The molecular formula is C14H16F3N3O3S. The van der Waals surface area contributed by atoms with Gasteiger partial charge in [0.05, 0.1) is 5.75 Å². The molecular weight excluding hydrogens is 347 g/mol. The van der Waals surface area contributed by atoms with Gasteiger partial charge in [-0.05, 0) is 18.9 Å². The first kappa shape index (κ1) is 18.4. The Balaban J connectivity index is 2.14. The Labute approximate surface area is 137 Å². The fraction of sp³-hybridized carbons (Fsp3) is 0.429. The maximum absolute atomic E-state index is 12.4. The maximum Gasteiger partial charge on any atom is 0.471 e. The van der Waals surface area contributed by atoms with Crippen LogP contribution < -0.4 is 4.72 Å². The molecule has 0 aliphatic heterocycles. The average Bonchev–Trinajstić information content (AvgIpc) is 2.96. The summed E-state index contributed by atoms with van der Waals surface area (Å²) in [5, 5.41) is 3.29. The minimum absolute atomic E-state index is 0.0263. The SMILES string of the molecule is CCCS(=O)(=O)NC(C)c1ccc(-c2noc(C(F)(F)F)n2)cc1. The second kappa shape index (κ2) is 6.89. The first-order valence-electron chi connectivity index (χ1n) is 7.13. The Morgan fingerprint density at radius 2 is 1.88 bits per heavy atom. The first-order chi connectivity index (χ1) is 11.1. The first-order valence-corrected chi connectivity index (χ1v) is 8.79. The number of nitrogens with zero attached hydrogens (tertiary/aromatic N) is 2. The average molecular weight is 363 g/mol. The highest BCUT2D eigenvalue weighted by Gasteiger charge is 2.38. The van der Waals surface area contributed by atoms with Crippen molar-refractivity contribution in [2.24, 2.45) is 0 Å². The molecule has 1 unspecified atom stereocenters. The van der Waals surface area contributed by atoms with E-state index in [0.29, 0.717) is 17.5 Å². The van der Waals surface area contributed by atoms with Crippen molar-refractivity contribution in [3.05, 3.63) is 35.7 Å². The minimum atomic E-state index is -4.70. The highest BCUT2D eigenvalue weighted by Crippen LogP contribution is 2.29. The zero-order valence-corrected chi connectivity index (χ0v) is 13.8. The van der Waals surface area contributed by atoms with Crippen molar-refractivity contribution in [3.63, 3.8) is 0 Å². The zero-order chi connectivity index (χ0) is 18.0. The van der Waals surface area contributed by atoms with Crippen LogP contribution in [0.1, 0.15) is 37.8 Å². The molecule has 10 heteroatoms. The molecule has 2 aromatic rings. The summed E-state index contributed by atoms with van der Waals surface area (Å²) in [5.74, 6) is -1.58. The van der Waals surface area contributed by atoms with Gasteiger partial charge in [-0.2, -0.15) is 18.2 Å². The molecule has 0 aliphatic carbocycles. The molecule has 6 nitrogen and oxygen atoms in total. The van der Waals surface area contributed by atoms with Crippen molar-refractivity contribution in [1.29, 1.82) is 0 Å². The maximum atomic E-state index is 12.4. The summed E-state index contributed by atoms with van der Waals surface area (Å²) in [4.78, 5) is 3.30. The van der Waals surface area contributed by atoms with E-state index in [9.17, 15) is 21.6 Å². The summed E-state index contributed by atoms with van der Waals surface area (Å²) in [6, 6.07) is 5.73. The number of alkyl halides is 3. The lowest BCUT2D eigenvalue weighted by molar-refractivity contribution is -0.159. The molecule has 132 valence electrons. The number of rotatable bonds is 6. The van der Waals surface area contributed by atoms with E-state index in [1.54, 1.807) is 26.0 Å². The third-order valence-electron chi connectivity index (χ3n) is 3.17. The van der Waals surface area contributed by atoms with Crippen molar-refractivity contribution >= 4 is 10.0 Å². The Morgan fingerprint density at radius 1 is 1.25 bits per heavy atom. The van der Waals surface area contributed by atoms with Gasteiger partial charge in [-0.1, -0.05) is 36.3 Å². The quantitative estimate of drug-likeness (QED) is 0.852. The molecule has 1 aromatic heterocycles. The zero-order valence-electron chi connectivity index (χ0n) is 13.0. The summed E-state index contributed by atoms with van der Waals surface area (Å²) < 4.78 is 67.5. The Bertz CT molecular complexity index is 786. The van der Waals surface area contributed by atoms with E-state index in [4.69, 9.17) is 0 Å². The van der Waals surface area contributed by atoms with Crippen molar-refractivity contribution in [3.8, 4) is 11.4 Å². The molecule has 0 saturated carbocycles. The van der Waals surface area contributed by atoms with Gasteiger partial charge in [0.15, 0.2) is 0 Å². The molecule has 1 aromatic carbocycles. The predicted molar refractivity (Wildman–Crippen MR) is 80.4 cm³/mol. The van der Waals surface area contributed by atoms with Crippen LogP contribution in [0, 0.1) is 0 Å². The lowest BCUT2D eigenvalue weighted by Gasteiger charge is -2.14. The third kappa shape index (κ3) is 4.54. The van der Waals surface area contributed by atoms with Crippen LogP contribution in [-0.4, -0.2) is 24.3 Å². The van der Waals surface area contributed by atoms with Gasteiger partial charge in [0, 0.05) is 11.6 Å². The Kier molecular flexibility index (Phi) is 5.29. The summed E-state index contributed by atoms with van der Waals surface area (Å²) in [7, 11) is -3.37. The van der Waals surface area contributed by atoms with Gasteiger partial charge in [0.25, 0.3) is 0 Å². The largest absolute Gasteiger partial charge is 0.471 e. The van der Waals surface area contributed by atoms with Crippen LogP contribution >= 0.6 is 0 Å². The second-order valence-electron chi connectivity index (χ2n) is 5.20. The summed E-state index contributed by atoms with van der Waals surface area (Å²) in [5.41, 5.74) is 1.000. The van der Waals surface area contributed by atoms with Crippen molar-refractivity contribution in [1.82, 2.24) is 14.9 Å². The number of sulfonamides is 1. The van der Waals surface area contributed by atoms with Crippen LogP contribution in [-0.2, 0) is 16.2 Å². The third-order valence-corrected chi connectivity index (χ3v) is 4.82. The summed E-state index contributed by atoms with van der Waals surface area (Å²) in [6.07, 6.45) is -4.20. The number of aromatic nitrogens is 2. The topological polar surface area (TPSA) is 85.1 Å². The highest BCUT2D eigenvalue weighted by atomic mass is 32.2. The molecule has 1 heterocycles. The van der Waals surface area contributed by atoms with E-state index < -0.39 is 28.1 Å². The van der Waals surface area contributed by atoms with Crippen molar-refractivity contribution < 1.29 is 26.1 Å². The lowest BCUT2D eigenvalue weighted by atomic mass is 10.1. The van der Waals surface area contributed by atoms with Gasteiger partial charge in [-0.3, -0.25) is 0 Å². The number of halogens is 3. The highest BCUT2D eigenvalue weighted by molar-refractivity contribution is 7.89. The number of hydrogen-bond donors (Lipinski definition) is 1. The molecule has 0 aliphatic rings. The molecule has 0 saturated heterocycles. The lowest BCUT2D eigenvalue weighted by Crippen LogP contribution is -2.28. The molecule has 0 bridgehead atoms. The van der Waals surface area contributed by atoms with Gasteiger partial charge in [-0.15, -0.1) is 0 Å². The summed E-state index contributed by atoms with van der Waals surface area (Å²) >= 11 is 0. The van der Waals surface area contributed by atoms with Crippen LogP contribution in [0.15, 0.2) is 28.8 Å². The van der Waals surface area contributed by atoms with Crippen molar-refractivity contribution in [2.75, 3.05) is 5.75 Å². The van der Waals surface area contributed by atoms with Crippen LogP contribution in [0.5, 0.6) is 0 Å². The van der Waals surface area contributed by atoms with Gasteiger partial charge >= 0.3 is 12.1 Å². The predicted octanol–water partition coefficient (Wildman–Crippen LogP) is 3.15. The van der Waals surface area contributed by atoms with E-state index >= 15 is 0 Å². The van der Waals surface area contributed by atoms with E-state index in [1.807, 2.05) is 0 Å². The standard InChI is InChI=1S/C14H16F3N3O3S/c1-3-8-24(21,22)20-9(2)10-4-6-11(7-5-10)12-18-13(23-19-12)14(15,16)17/h4-7,9,20H,3,8H2,1-2H3. The van der Waals surface area contributed by atoms with Gasteiger partial charge in [-0.25, -0.2) is 13.1 Å². The normalized spacial score (nSPS) is 13.9. The molecule has 2 rings (SSSR count). The van der Waals surface area contributed by atoms with Crippen LogP contribution in [0.3, 0.4) is 0 Å². The summed E-state index contributed by atoms with van der Waals surface area (Å²) in [6.45, 7) is 3.44. The minimum Gasteiger partial charge on any atom is -0.329 e. The fourth-order valence-electron chi connectivity index (χ4n) is 2.04. The van der Waals surface area contributed by atoms with E-state index in [2.05, 4.69) is 19.4 Å². The van der Waals surface area contributed by atoms with Crippen LogP contribution in [0.25, 0.3) is 11.4 Å². The van der Waals surface area contributed by atoms with E-state index in [1.165, 1.54) is 12.1 Å². The molecule has 0 radical (unpaired) electrons. The Morgan fingerprint density at radius 3 is 2.38 bits per heavy atom. The molecule has 1 atom stereocenters. The van der Waals surface area contributed by atoms with E-state index in [-0.39, 0.29) is 11.6 Å². The number of nitrogens with one attached hydrogen (secondary N) is 1. The van der Waals surface area contributed by atoms with Gasteiger partial charge in [0.1, 0.15) is 0 Å². The Hall–Kier alpha value is -1.94. The smallest absolute Gasteiger partial charge is 0.329 e. The molecule has 0 fully saturated rings.